The van der Waals surface area contributed by atoms with Crippen LogP contribution in [0.3, 0.4) is 0 Å². The van der Waals surface area contributed by atoms with Gasteiger partial charge in [-0.05, 0) is 56.9 Å². The molecule has 2 aromatic carbocycles. The second-order valence-electron chi connectivity index (χ2n) is 7.16. The molecule has 3 rings (SSSR count). The van der Waals surface area contributed by atoms with Crippen LogP contribution in [0.15, 0.2) is 54.6 Å². The molecule has 0 aliphatic heterocycles. The van der Waals surface area contributed by atoms with Gasteiger partial charge in [0.15, 0.2) is 0 Å². The van der Waals surface area contributed by atoms with Gasteiger partial charge in [-0.15, -0.1) is 0 Å². The Kier molecular flexibility index (Phi) is 6.69. The molecule has 0 spiro atoms. The highest BCUT2D eigenvalue weighted by molar-refractivity contribution is 5.96. The van der Waals surface area contributed by atoms with E-state index in [-0.39, 0.29) is 23.7 Å². The molecular formula is C23H28N2O3. The third-order valence-corrected chi connectivity index (χ3v) is 5.46. The molecule has 0 saturated heterocycles. The summed E-state index contributed by atoms with van der Waals surface area (Å²) in [6, 6.07) is 17.2. The van der Waals surface area contributed by atoms with E-state index in [2.05, 4.69) is 5.32 Å². The van der Waals surface area contributed by atoms with Gasteiger partial charge in [0, 0.05) is 24.1 Å². The minimum absolute atomic E-state index is 0.00538. The van der Waals surface area contributed by atoms with Crippen molar-refractivity contribution < 1.29 is 14.3 Å². The molecule has 5 heteroatoms. The molecule has 28 heavy (non-hydrogen) atoms. The van der Waals surface area contributed by atoms with Gasteiger partial charge in [0.25, 0.3) is 0 Å². The Labute approximate surface area is 166 Å². The van der Waals surface area contributed by atoms with Crippen LogP contribution in [-0.2, 0) is 9.59 Å². The average molecular weight is 380 g/mol. The molecule has 1 aliphatic rings. The van der Waals surface area contributed by atoms with Crippen molar-refractivity contribution in [1.82, 2.24) is 0 Å². The molecule has 1 aliphatic carbocycles. The van der Waals surface area contributed by atoms with Crippen molar-refractivity contribution in [3.63, 3.8) is 0 Å². The molecule has 0 heterocycles. The van der Waals surface area contributed by atoms with Crippen molar-refractivity contribution in [3.8, 4) is 5.75 Å². The van der Waals surface area contributed by atoms with Gasteiger partial charge in [-0.25, -0.2) is 0 Å². The van der Waals surface area contributed by atoms with E-state index in [9.17, 15) is 9.59 Å². The third kappa shape index (κ3) is 4.53. The zero-order valence-corrected chi connectivity index (χ0v) is 16.6. The summed E-state index contributed by atoms with van der Waals surface area (Å²) in [5.74, 6) is 0.737. The van der Waals surface area contributed by atoms with Crippen LogP contribution in [0, 0.1) is 11.8 Å². The minimum Gasteiger partial charge on any atom is -0.495 e. The van der Waals surface area contributed by atoms with Gasteiger partial charge in [-0.1, -0.05) is 30.3 Å². The van der Waals surface area contributed by atoms with E-state index < -0.39 is 0 Å². The predicted molar refractivity (Wildman–Crippen MR) is 112 cm³/mol. The molecule has 1 saturated carbocycles. The summed E-state index contributed by atoms with van der Waals surface area (Å²) in [5.41, 5.74) is 1.63. The number of rotatable bonds is 6. The number of anilines is 2. The van der Waals surface area contributed by atoms with Gasteiger partial charge in [0.05, 0.1) is 12.8 Å². The molecule has 1 N–H and O–H groups in total. The fourth-order valence-corrected chi connectivity index (χ4v) is 3.88. The number of ether oxygens (including phenoxy) is 1. The molecule has 0 radical (unpaired) electrons. The first-order chi connectivity index (χ1) is 13.6. The fraction of sp³-hybridized carbons (Fsp3) is 0.391. The zero-order chi connectivity index (χ0) is 19.9. The monoisotopic (exact) mass is 380 g/mol. The van der Waals surface area contributed by atoms with E-state index in [1.807, 2.05) is 66.4 Å². The first-order valence-electron chi connectivity index (χ1n) is 9.94. The lowest BCUT2D eigenvalue weighted by molar-refractivity contribution is -0.126. The van der Waals surface area contributed by atoms with E-state index in [1.54, 1.807) is 7.11 Å². The maximum atomic E-state index is 13.0. The summed E-state index contributed by atoms with van der Waals surface area (Å²) in [6.07, 6.45) is 2.94. The fourth-order valence-electron chi connectivity index (χ4n) is 3.88. The van der Waals surface area contributed by atoms with Gasteiger partial charge in [-0.2, -0.15) is 0 Å². The summed E-state index contributed by atoms with van der Waals surface area (Å²) >= 11 is 0. The largest absolute Gasteiger partial charge is 0.495 e. The minimum atomic E-state index is -0.0687. The van der Waals surface area contributed by atoms with Gasteiger partial charge >= 0.3 is 0 Å². The quantitative estimate of drug-likeness (QED) is 0.803. The molecule has 0 aromatic heterocycles. The second-order valence-corrected chi connectivity index (χ2v) is 7.16. The van der Waals surface area contributed by atoms with E-state index in [0.29, 0.717) is 18.0 Å². The van der Waals surface area contributed by atoms with Crippen LogP contribution in [-0.4, -0.2) is 25.5 Å². The molecule has 1 fully saturated rings. The molecule has 2 aromatic rings. The van der Waals surface area contributed by atoms with Crippen molar-refractivity contribution in [1.29, 1.82) is 0 Å². The van der Waals surface area contributed by atoms with Crippen LogP contribution in [0.5, 0.6) is 5.75 Å². The van der Waals surface area contributed by atoms with E-state index in [4.69, 9.17) is 4.74 Å². The molecule has 2 amide bonds. The number of para-hydroxylation sites is 3. The zero-order valence-electron chi connectivity index (χ0n) is 16.6. The lowest BCUT2D eigenvalue weighted by Crippen LogP contribution is -2.39. The van der Waals surface area contributed by atoms with Crippen molar-refractivity contribution >= 4 is 23.2 Å². The highest BCUT2D eigenvalue weighted by Crippen LogP contribution is 2.33. The van der Waals surface area contributed by atoms with Crippen LogP contribution in [0.25, 0.3) is 0 Å². The van der Waals surface area contributed by atoms with Gasteiger partial charge < -0.3 is 15.0 Å². The number of hydrogen-bond acceptors (Lipinski definition) is 3. The Bertz CT molecular complexity index is 799. The van der Waals surface area contributed by atoms with Gasteiger partial charge in [0.2, 0.25) is 11.8 Å². The SMILES string of the molecule is CCN(C(=O)C1CCC(C(=O)Nc2ccccc2OC)CC1)c1ccccc1. The highest BCUT2D eigenvalue weighted by atomic mass is 16.5. The number of methoxy groups -OCH3 is 1. The van der Waals surface area contributed by atoms with Gasteiger partial charge in [0.1, 0.15) is 5.75 Å². The standard InChI is InChI=1S/C23H28N2O3/c1-3-25(19-9-5-4-6-10-19)23(27)18-15-13-17(14-16-18)22(26)24-20-11-7-8-12-21(20)28-2/h4-12,17-18H,3,13-16H2,1-2H3,(H,24,26). The van der Waals surface area contributed by atoms with Crippen molar-refractivity contribution in [2.45, 2.75) is 32.6 Å². The Morgan fingerprint density at radius 1 is 0.964 bits per heavy atom. The summed E-state index contributed by atoms with van der Waals surface area (Å²) in [4.78, 5) is 27.5. The summed E-state index contributed by atoms with van der Waals surface area (Å²) in [6.45, 7) is 2.65. The van der Waals surface area contributed by atoms with Crippen LogP contribution < -0.4 is 15.0 Å². The lowest BCUT2D eigenvalue weighted by Gasteiger charge is -2.31. The Morgan fingerprint density at radius 2 is 1.57 bits per heavy atom. The van der Waals surface area contributed by atoms with Crippen molar-refractivity contribution in [2.24, 2.45) is 11.8 Å². The summed E-state index contributed by atoms with van der Waals surface area (Å²) in [7, 11) is 1.59. The number of nitrogens with one attached hydrogen (secondary N) is 1. The topological polar surface area (TPSA) is 58.6 Å². The maximum absolute atomic E-state index is 13.0. The van der Waals surface area contributed by atoms with Crippen molar-refractivity contribution in [2.75, 3.05) is 23.9 Å². The highest BCUT2D eigenvalue weighted by Gasteiger charge is 2.32. The van der Waals surface area contributed by atoms with Crippen LogP contribution in [0.4, 0.5) is 11.4 Å². The third-order valence-electron chi connectivity index (χ3n) is 5.46. The predicted octanol–water partition coefficient (Wildman–Crippen LogP) is 4.49. The normalized spacial score (nSPS) is 18.9. The number of benzene rings is 2. The number of carbonyl (C=O) groups is 2. The van der Waals surface area contributed by atoms with Crippen LogP contribution in [0.2, 0.25) is 0 Å². The van der Waals surface area contributed by atoms with Crippen molar-refractivity contribution in [3.05, 3.63) is 54.6 Å². The van der Waals surface area contributed by atoms with Gasteiger partial charge in [-0.3, -0.25) is 9.59 Å². The van der Waals surface area contributed by atoms with Crippen LogP contribution in [0.1, 0.15) is 32.6 Å². The van der Waals surface area contributed by atoms with E-state index in [0.717, 1.165) is 31.4 Å². The van der Waals surface area contributed by atoms with E-state index >= 15 is 0 Å². The summed E-state index contributed by atoms with van der Waals surface area (Å²) < 4.78 is 5.30. The molecular weight excluding hydrogens is 352 g/mol. The Balaban J connectivity index is 1.57. The first-order valence-corrected chi connectivity index (χ1v) is 9.94. The number of nitrogens with zero attached hydrogens (tertiary/aromatic N) is 1. The Hall–Kier alpha value is -2.82. The Morgan fingerprint density at radius 3 is 2.21 bits per heavy atom. The second kappa shape index (κ2) is 9.40. The number of hydrogen-bond donors (Lipinski definition) is 1. The summed E-state index contributed by atoms with van der Waals surface area (Å²) in [5, 5.41) is 2.98. The molecule has 0 unspecified atom stereocenters. The average Bonchev–Trinajstić information content (AvgIpc) is 2.75. The first kappa shape index (κ1) is 19.9. The molecule has 0 bridgehead atoms. The number of amides is 2. The molecule has 148 valence electrons. The lowest BCUT2D eigenvalue weighted by atomic mass is 9.80. The van der Waals surface area contributed by atoms with E-state index in [1.165, 1.54) is 0 Å². The molecule has 5 nitrogen and oxygen atoms in total. The molecule has 0 atom stereocenters. The van der Waals surface area contributed by atoms with Crippen LogP contribution >= 0.6 is 0 Å². The maximum Gasteiger partial charge on any atom is 0.230 e. The number of carbonyl (C=O) groups excluding carboxylic acids is 2. The smallest absolute Gasteiger partial charge is 0.230 e.